The van der Waals surface area contributed by atoms with E-state index in [0.29, 0.717) is 38.9 Å². The maximum atomic E-state index is 14.0. The molecule has 5 rings (SSSR count). The zero-order valence-electron chi connectivity index (χ0n) is 24.3. The highest BCUT2D eigenvalue weighted by Gasteiger charge is 2.35. The molecule has 0 fully saturated rings. The fourth-order valence-electron chi connectivity index (χ4n) is 4.81. The van der Waals surface area contributed by atoms with Crippen molar-refractivity contribution in [1.29, 1.82) is 0 Å². The summed E-state index contributed by atoms with van der Waals surface area (Å²) in [5, 5.41) is 12.6. The van der Waals surface area contributed by atoms with Crippen molar-refractivity contribution in [2.75, 3.05) is 23.5 Å². The Labute approximate surface area is 255 Å². The zero-order valence-corrected chi connectivity index (χ0v) is 25.9. The first-order valence-corrected chi connectivity index (χ1v) is 15.2. The summed E-state index contributed by atoms with van der Waals surface area (Å²) < 4.78 is 13.6. The number of hydrogen-bond acceptors (Lipinski definition) is 7. The van der Waals surface area contributed by atoms with Crippen molar-refractivity contribution in [1.82, 2.24) is 14.8 Å². The van der Waals surface area contributed by atoms with Gasteiger partial charge in [-0.05, 0) is 68.1 Å². The molecule has 1 aliphatic rings. The molecule has 1 aliphatic heterocycles. The van der Waals surface area contributed by atoms with Crippen LogP contribution in [0.5, 0.6) is 11.5 Å². The van der Waals surface area contributed by atoms with Crippen molar-refractivity contribution in [2.24, 2.45) is 0 Å². The maximum Gasteiger partial charge on any atom is 0.255 e. The Morgan fingerprint density at radius 2 is 1.90 bits per heavy atom. The van der Waals surface area contributed by atoms with Gasteiger partial charge in [0.1, 0.15) is 12.6 Å². The molecule has 2 heterocycles. The molecular weight excluding hydrogens is 570 g/mol. The average molecular weight is 604 g/mol. The molecule has 1 amide bonds. The van der Waals surface area contributed by atoms with Crippen LogP contribution in [0.4, 0.5) is 11.6 Å². The Bertz CT molecular complexity index is 1650. The van der Waals surface area contributed by atoms with Gasteiger partial charge in [-0.3, -0.25) is 4.79 Å². The van der Waals surface area contributed by atoms with Gasteiger partial charge in [0, 0.05) is 27.7 Å². The van der Waals surface area contributed by atoms with Gasteiger partial charge < -0.3 is 20.1 Å². The summed E-state index contributed by atoms with van der Waals surface area (Å²) in [6.07, 6.45) is 0.999. The van der Waals surface area contributed by atoms with E-state index in [1.807, 2.05) is 81.4 Å². The molecule has 4 aromatic rings. The van der Waals surface area contributed by atoms with Gasteiger partial charge in [-0.2, -0.15) is 4.98 Å². The van der Waals surface area contributed by atoms with Gasteiger partial charge in [0.15, 0.2) is 11.5 Å². The molecule has 218 valence electrons. The number of amides is 1. The number of ether oxygens (including phenoxy) is 2. The summed E-state index contributed by atoms with van der Waals surface area (Å²) in [6.45, 7) is 8.32. The second-order valence-corrected chi connectivity index (χ2v) is 11.5. The molecule has 0 bridgehead atoms. The van der Waals surface area contributed by atoms with Gasteiger partial charge in [-0.25, -0.2) is 4.68 Å². The SMILES string of the molecule is CCCSc1nc2n(n1)C(c1ccc(OCc3ccccc3Cl)c(OC)c1)C(C(=O)Nc1cccc(C)c1C)=C(C)N2. The molecule has 8 nitrogen and oxygen atoms in total. The molecule has 10 heteroatoms. The molecule has 0 saturated heterocycles. The highest BCUT2D eigenvalue weighted by molar-refractivity contribution is 7.99. The van der Waals surface area contributed by atoms with Gasteiger partial charge in [0.05, 0.1) is 12.7 Å². The van der Waals surface area contributed by atoms with Crippen LogP contribution in [0.25, 0.3) is 0 Å². The lowest BCUT2D eigenvalue weighted by molar-refractivity contribution is -0.113. The number of methoxy groups -OCH3 is 1. The molecule has 0 spiro atoms. The number of nitrogens with zero attached hydrogens (tertiary/aromatic N) is 3. The van der Waals surface area contributed by atoms with Crippen LogP contribution in [-0.2, 0) is 11.4 Å². The zero-order chi connectivity index (χ0) is 29.8. The summed E-state index contributed by atoms with van der Waals surface area (Å²) >= 11 is 7.92. The van der Waals surface area contributed by atoms with Gasteiger partial charge in [-0.15, -0.1) is 5.10 Å². The number of halogens is 1. The summed E-state index contributed by atoms with van der Waals surface area (Å²) in [5.74, 6) is 2.35. The van der Waals surface area contributed by atoms with Crippen LogP contribution < -0.4 is 20.1 Å². The Morgan fingerprint density at radius 3 is 2.67 bits per heavy atom. The van der Waals surface area contributed by atoms with E-state index in [1.54, 1.807) is 23.6 Å². The van der Waals surface area contributed by atoms with Crippen LogP contribution in [0.1, 0.15) is 48.6 Å². The topological polar surface area (TPSA) is 90.3 Å². The largest absolute Gasteiger partial charge is 0.493 e. The minimum Gasteiger partial charge on any atom is -0.493 e. The van der Waals surface area contributed by atoms with E-state index in [4.69, 9.17) is 31.2 Å². The standard InChI is InChI=1S/C32H34ClN5O3S/c1-6-16-42-32-36-31-34-21(4)28(30(39)35-25-13-9-10-19(2)20(25)3)29(38(31)37-32)22-14-15-26(27(17-22)40-5)41-18-23-11-7-8-12-24(23)33/h7-15,17,29H,6,16,18H2,1-5H3,(H,35,39)(H,34,36,37). The average Bonchev–Trinajstić information content (AvgIpc) is 3.39. The number of allylic oxidation sites excluding steroid dienone is 1. The van der Waals surface area contributed by atoms with Crippen molar-refractivity contribution in [2.45, 2.75) is 51.9 Å². The normalized spacial score (nSPS) is 14.3. The van der Waals surface area contributed by atoms with Crippen LogP contribution in [-0.4, -0.2) is 33.5 Å². The van der Waals surface area contributed by atoms with E-state index in [2.05, 4.69) is 17.6 Å². The second kappa shape index (κ2) is 12.9. The van der Waals surface area contributed by atoms with Crippen LogP contribution in [0.3, 0.4) is 0 Å². The third-order valence-electron chi connectivity index (χ3n) is 7.21. The second-order valence-electron chi connectivity index (χ2n) is 10.1. The van der Waals surface area contributed by atoms with E-state index in [9.17, 15) is 4.79 Å². The molecule has 1 aromatic heterocycles. The van der Waals surface area contributed by atoms with E-state index in [-0.39, 0.29) is 12.5 Å². The quantitative estimate of drug-likeness (QED) is 0.181. The number of anilines is 2. The predicted molar refractivity (Wildman–Crippen MR) is 169 cm³/mol. The highest BCUT2D eigenvalue weighted by atomic mass is 35.5. The van der Waals surface area contributed by atoms with Crippen molar-refractivity contribution >= 4 is 40.9 Å². The predicted octanol–water partition coefficient (Wildman–Crippen LogP) is 7.57. The summed E-state index contributed by atoms with van der Waals surface area (Å²) in [6, 6.07) is 18.6. The molecule has 1 unspecified atom stereocenters. The van der Waals surface area contributed by atoms with Gasteiger partial charge in [0.2, 0.25) is 11.1 Å². The van der Waals surface area contributed by atoms with Crippen LogP contribution in [0.15, 0.2) is 77.1 Å². The molecule has 0 radical (unpaired) electrons. The number of fused-ring (bicyclic) bond motifs is 1. The number of thioether (sulfide) groups is 1. The molecule has 3 aromatic carbocycles. The lowest BCUT2D eigenvalue weighted by atomic mass is 9.94. The smallest absolute Gasteiger partial charge is 0.255 e. The van der Waals surface area contributed by atoms with Crippen molar-refractivity contribution < 1.29 is 14.3 Å². The first kappa shape index (κ1) is 29.5. The van der Waals surface area contributed by atoms with E-state index in [0.717, 1.165) is 40.1 Å². The lowest BCUT2D eigenvalue weighted by Gasteiger charge is -2.29. The Morgan fingerprint density at radius 1 is 1.10 bits per heavy atom. The summed E-state index contributed by atoms with van der Waals surface area (Å²) in [7, 11) is 1.60. The number of aryl methyl sites for hydroxylation is 1. The Hall–Kier alpha value is -3.95. The van der Waals surface area contributed by atoms with Gasteiger partial charge in [-0.1, -0.05) is 66.7 Å². The van der Waals surface area contributed by atoms with Crippen LogP contribution in [0.2, 0.25) is 5.02 Å². The number of hydrogen-bond donors (Lipinski definition) is 2. The Kier molecular flexibility index (Phi) is 9.09. The fourth-order valence-corrected chi connectivity index (χ4v) is 5.68. The van der Waals surface area contributed by atoms with Crippen molar-refractivity contribution in [3.63, 3.8) is 0 Å². The summed E-state index contributed by atoms with van der Waals surface area (Å²) in [4.78, 5) is 18.7. The van der Waals surface area contributed by atoms with E-state index in [1.165, 1.54) is 0 Å². The monoisotopic (exact) mass is 603 g/mol. The molecule has 2 N–H and O–H groups in total. The first-order valence-electron chi connectivity index (χ1n) is 13.8. The fraction of sp³-hybridized carbons (Fsp3) is 0.281. The third kappa shape index (κ3) is 6.12. The van der Waals surface area contributed by atoms with E-state index >= 15 is 0 Å². The number of benzene rings is 3. The molecule has 42 heavy (non-hydrogen) atoms. The molecule has 0 saturated carbocycles. The summed E-state index contributed by atoms with van der Waals surface area (Å²) in [5.41, 5.74) is 5.80. The van der Waals surface area contributed by atoms with Crippen molar-refractivity contribution in [3.8, 4) is 11.5 Å². The number of nitrogens with one attached hydrogen (secondary N) is 2. The van der Waals surface area contributed by atoms with E-state index < -0.39 is 6.04 Å². The number of aromatic nitrogens is 3. The Balaban J connectivity index is 1.53. The lowest BCUT2D eigenvalue weighted by Crippen LogP contribution is -2.31. The van der Waals surface area contributed by atoms with Crippen molar-refractivity contribution in [3.05, 3.63) is 99.2 Å². The number of rotatable bonds is 10. The minimum atomic E-state index is -0.554. The van der Waals surface area contributed by atoms with Gasteiger partial charge >= 0.3 is 0 Å². The van der Waals surface area contributed by atoms with Gasteiger partial charge in [0.25, 0.3) is 5.91 Å². The number of carbonyl (C=O) groups is 1. The maximum absolute atomic E-state index is 14.0. The minimum absolute atomic E-state index is 0.222. The first-order chi connectivity index (χ1) is 20.3. The molecule has 0 aliphatic carbocycles. The molecular formula is C32H34ClN5O3S. The molecule has 1 atom stereocenters. The van der Waals surface area contributed by atoms with Crippen LogP contribution in [0, 0.1) is 13.8 Å². The third-order valence-corrected chi connectivity index (χ3v) is 8.62. The number of carbonyl (C=O) groups excluding carboxylic acids is 1. The van der Waals surface area contributed by atoms with Crippen LogP contribution >= 0.6 is 23.4 Å². The highest BCUT2D eigenvalue weighted by Crippen LogP contribution is 2.40.